The first-order valence-corrected chi connectivity index (χ1v) is 14.3. The second-order valence-corrected chi connectivity index (χ2v) is 12.3. The molecule has 2 aromatic carbocycles. The number of anilines is 2. The van der Waals surface area contributed by atoms with Crippen molar-refractivity contribution in [2.75, 3.05) is 23.7 Å². The molecular weight excluding hydrogens is 552 g/mol. The Kier molecular flexibility index (Phi) is 6.56. The standard InChI is InChI=1S/C27H22F3N3O2S3/c28-27(29,30)18-8-9-23-21(11-18)33(20-4-1-2-6-22(20)38-23)25(35)15-37-26(36)31-12-16-10-17(14-31)19-5-3-7-24(34)32(19)13-16/h1-9,11,16-17H,10,12-15H2. The number of thioether (sulfide) groups is 1. The molecule has 0 radical (unpaired) electrons. The highest BCUT2D eigenvalue weighted by Crippen LogP contribution is 2.49. The SMILES string of the molecule is O=C(CSC(=S)N1CC2CC(C1)c1cccc(=O)n1C2)N1c2ccccc2Sc2ccc(C(F)(F)F)cc21. The van der Waals surface area contributed by atoms with Crippen molar-refractivity contribution >= 4 is 57.3 Å². The fourth-order valence-corrected chi connectivity index (χ4v) is 7.60. The normalized spacial score (nSPS) is 19.9. The van der Waals surface area contributed by atoms with Crippen LogP contribution >= 0.6 is 35.7 Å². The minimum Gasteiger partial charge on any atom is -0.356 e. The van der Waals surface area contributed by atoms with Crippen molar-refractivity contribution in [3.63, 3.8) is 0 Å². The molecule has 2 unspecified atom stereocenters. The molecular formula is C27H22F3N3O2S3. The van der Waals surface area contributed by atoms with E-state index >= 15 is 0 Å². The lowest BCUT2D eigenvalue weighted by atomic mass is 9.83. The Balaban J connectivity index is 1.21. The summed E-state index contributed by atoms with van der Waals surface area (Å²) in [4.78, 5) is 30.8. The Morgan fingerprint density at radius 1 is 1.00 bits per heavy atom. The third-order valence-electron chi connectivity index (χ3n) is 7.16. The number of thiocarbonyl (C=S) groups is 1. The molecule has 1 saturated heterocycles. The molecule has 1 fully saturated rings. The number of hydrogen-bond donors (Lipinski definition) is 0. The topological polar surface area (TPSA) is 45.6 Å². The lowest BCUT2D eigenvalue weighted by Crippen LogP contribution is -2.48. The number of carbonyl (C=O) groups excluding carboxylic acids is 1. The van der Waals surface area contributed by atoms with E-state index in [0.29, 0.717) is 34.5 Å². The second-order valence-electron chi connectivity index (χ2n) is 9.64. The highest BCUT2D eigenvalue weighted by Gasteiger charge is 2.37. The van der Waals surface area contributed by atoms with Crippen LogP contribution in [0.25, 0.3) is 0 Å². The summed E-state index contributed by atoms with van der Waals surface area (Å²) in [5.74, 6) is 0.133. The Hall–Kier alpha value is -2.76. The first-order chi connectivity index (χ1) is 18.2. The van der Waals surface area contributed by atoms with E-state index in [2.05, 4.69) is 4.90 Å². The maximum absolute atomic E-state index is 13.6. The van der Waals surface area contributed by atoms with E-state index in [1.165, 1.54) is 34.5 Å². The highest BCUT2D eigenvalue weighted by molar-refractivity contribution is 8.23. The summed E-state index contributed by atoms with van der Waals surface area (Å²) in [6.45, 7) is 2.02. The van der Waals surface area contributed by atoms with E-state index in [4.69, 9.17) is 12.2 Å². The molecule has 196 valence electrons. The number of nitrogens with zero attached hydrogens (tertiary/aromatic N) is 3. The first kappa shape index (κ1) is 25.5. The van der Waals surface area contributed by atoms with Gasteiger partial charge in [0.1, 0.15) is 4.32 Å². The third kappa shape index (κ3) is 4.65. The van der Waals surface area contributed by atoms with Crippen LogP contribution in [0.2, 0.25) is 0 Å². The molecule has 0 spiro atoms. The van der Waals surface area contributed by atoms with Crippen LogP contribution in [0, 0.1) is 5.92 Å². The third-order valence-corrected chi connectivity index (χ3v) is 9.80. The van der Waals surface area contributed by atoms with Gasteiger partial charge < -0.3 is 9.47 Å². The molecule has 0 aliphatic carbocycles. The van der Waals surface area contributed by atoms with Gasteiger partial charge in [0.15, 0.2) is 0 Å². The summed E-state index contributed by atoms with van der Waals surface area (Å²) in [6.07, 6.45) is -3.52. The number of amides is 1. The van der Waals surface area contributed by atoms with E-state index in [9.17, 15) is 22.8 Å². The van der Waals surface area contributed by atoms with Crippen LogP contribution in [0.15, 0.2) is 75.2 Å². The molecule has 5 nitrogen and oxygen atoms in total. The molecule has 6 rings (SSSR count). The van der Waals surface area contributed by atoms with Gasteiger partial charge in [0.25, 0.3) is 5.56 Å². The number of para-hydroxylation sites is 1. The van der Waals surface area contributed by atoms with Crippen molar-refractivity contribution in [3.05, 3.63) is 82.3 Å². The van der Waals surface area contributed by atoms with Crippen molar-refractivity contribution in [1.82, 2.24) is 9.47 Å². The molecule has 3 aromatic rings. The van der Waals surface area contributed by atoms with Crippen LogP contribution in [0.1, 0.15) is 23.6 Å². The largest absolute Gasteiger partial charge is 0.416 e. The molecule has 2 bridgehead atoms. The van der Waals surface area contributed by atoms with Gasteiger partial charge in [-0.3, -0.25) is 14.5 Å². The van der Waals surface area contributed by atoms with Crippen LogP contribution in [-0.2, 0) is 17.5 Å². The number of carbonyl (C=O) groups is 1. The number of aromatic nitrogens is 1. The number of likely N-dealkylation sites (tertiary alicyclic amines) is 1. The zero-order chi connectivity index (χ0) is 26.6. The fraction of sp³-hybridized carbons (Fsp3) is 0.296. The number of benzene rings is 2. The molecule has 38 heavy (non-hydrogen) atoms. The number of fused-ring (bicyclic) bond motifs is 6. The predicted octanol–water partition coefficient (Wildman–Crippen LogP) is 6.13. The van der Waals surface area contributed by atoms with Gasteiger partial charge in [-0.2, -0.15) is 13.2 Å². The first-order valence-electron chi connectivity index (χ1n) is 12.1. The molecule has 3 aliphatic rings. The molecule has 11 heteroatoms. The molecule has 2 atom stereocenters. The van der Waals surface area contributed by atoms with E-state index < -0.39 is 11.7 Å². The van der Waals surface area contributed by atoms with Gasteiger partial charge in [-0.15, -0.1) is 0 Å². The van der Waals surface area contributed by atoms with Crippen LogP contribution in [0.4, 0.5) is 24.5 Å². The maximum atomic E-state index is 13.6. The number of pyridine rings is 1. The molecule has 3 aliphatic heterocycles. The van der Waals surface area contributed by atoms with E-state index in [1.54, 1.807) is 24.3 Å². The highest BCUT2D eigenvalue weighted by atomic mass is 32.2. The number of piperidine rings is 1. The van der Waals surface area contributed by atoms with Crippen molar-refractivity contribution in [2.24, 2.45) is 5.92 Å². The Bertz CT molecular complexity index is 1510. The van der Waals surface area contributed by atoms with Crippen LogP contribution in [0.3, 0.4) is 0 Å². The summed E-state index contributed by atoms with van der Waals surface area (Å²) in [5, 5.41) is 0. The summed E-state index contributed by atoms with van der Waals surface area (Å²) in [5.41, 5.74) is 1.03. The van der Waals surface area contributed by atoms with Crippen molar-refractivity contribution < 1.29 is 18.0 Å². The van der Waals surface area contributed by atoms with Gasteiger partial charge in [-0.25, -0.2) is 0 Å². The summed E-state index contributed by atoms with van der Waals surface area (Å²) >= 11 is 8.30. The summed E-state index contributed by atoms with van der Waals surface area (Å²) in [7, 11) is 0. The van der Waals surface area contributed by atoms with Gasteiger partial charge in [0, 0.05) is 47.1 Å². The van der Waals surface area contributed by atoms with Gasteiger partial charge in [0.2, 0.25) is 5.91 Å². The van der Waals surface area contributed by atoms with Gasteiger partial charge >= 0.3 is 6.18 Å². The number of halogens is 3. The van der Waals surface area contributed by atoms with E-state index in [0.717, 1.165) is 29.1 Å². The van der Waals surface area contributed by atoms with Gasteiger partial charge in [0.05, 0.1) is 22.7 Å². The predicted molar refractivity (Wildman–Crippen MR) is 147 cm³/mol. The Morgan fingerprint density at radius 3 is 2.61 bits per heavy atom. The lowest BCUT2D eigenvalue weighted by Gasteiger charge is -2.43. The monoisotopic (exact) mass is 573 g/mol. The molecule has 0 saturated carbocycles. The average molecular weight is 574 g/mol. The number of rotatable bonds is 2. The van der Waals surface area contributed by atoms with E-state index in [-0.39, 0.29) is 34.7 Å². The van der Waals surface area contributed by atoms with Gasteiger partial charge in [-0.1, -0.05) is 53.9 Å². The molecule has 1 aromatic heterocycles. The average Bonchev–Trinajstić information content (AvgIpc) is 2.89. The Morgan fingerprint density at radius 2 is 1.79 bits per heavy atom. The molecule has 0 N–H and O–H groups in total. The lowest BCUT2D eigenvalue weighted by molar-refractivity contribution is -0.137. The Labute approximate surface area is 231 Å². The number of alkyl halides is 3. The second kappa shape index (κ2) is 9.77. The smallest absolute Gasteiger partial charge is 0.356 e. The quantitative estimate of drug-likeness (QED) is 0.344. The van der Waals surface area contributed by atoms with Crippen molar-refractivity contribution in [1.29, 1.82) is 0 Å². The molecule has 1 amide bonds. The van der Waals surface area contributed by atoms with Crippen LogP contribution in [0.5, 0.6) is 0 Å². The zero-order valence-electron chi connectivity index (χ0n) is 20.0. The minimum absolute atomic E-state index is 0.00457. The minimum atomic E-state index is -4.52. The summed E-state index contributed by atoms with van der Waals surface area (Å²) < 4.78 is 42.9. The van der Waals surface area contributed by atoms with Gasteiger partial charge in [-0.05, 0) is 48.7 Å². The number of hydrogen-bond acceptors (Lipinski definition) is 5. The zero-order valence-corrected chi connectivity index (χ0v) is 22.4. The van der Waals surface area contributed by atoms with Crippen molar-refractivity contribution in [2.45, 2.75) is 34.9 Å². The maximum Gasteiger partial charge on any atom is 0.416 e. The molecule has 4 heterocycles. The fourth-order valence-electron chi connectivity index (χ4n) is 5.52. The van der Waals surface area contributed by atoms with Crippen LogP contribution in [-0.4, -0.2) is 38.5 Å². The van der Waals surface area contributed by atoms with Crippen molar-refractivity contribution in [3.8, 4) is 0 Å². The van der Waals surface area contributed by atoms with Crippen LogP contribution < -0.4 is 10.5 Å². The van der Waals surface area contributed by atoms with E-state index in [1.807, 2.05) is 22.8 Å². The summed E-state index contributed by atoms with van der Waals surface area (Å²) in [6, 6.07) is 16.1.